The van der Waals surface area contributed by atoms with Crippen LogP contribution in [-0.2, 0) is 9.59 Å². The summed E-state index contributed by atoms with van der Waals surface area (Å²) in [7, 11) is 0. The highest BCUT2D eigenvalue weighted by molar-refractivity contribution is 6.02. The Morgan fingerprint density at radius 1 is 1.14 bits per heavy atom. The number of hydrogen-bond donors (Lipinski definition) is 2. The topological polar surface area (TPSA) is 66.4 Å². The summed E-state index contributed by atoms with van der Waals surface area (Å²) in [6.45, 7) is 4.09. The first-order valence-electron chi connectivity index (χ1n) is 7.21. The highest BCUT2D eigenvalue weighted by Crippen LogP contribution is 2.43. The van der Waals surface area contributed by atoms with Crippen LogP contribution in [0.15, 0.2) is 35.5 Å². The van der Waals surface area contributed by atoms with Crippen molar-refractivity contribution in [1.82, 2.24) is 5.32 Å². The van der Waals surface area contributed by atoms with Crippen LogP contribution in [0.3, 0.4) is 0 Å². The molecule has 1 atom stereocenters. The van der Waals surface area contributed by atoms with Crippen molar-refractivity contribution in [2.45, 2.75) is 39.0 Å². The molecule has 0 aromatic heterocycles. The van der Waals surface area contributed by atoms with Gasteiger partial charge in [0.25, 0.3) is 0 Å². The summed E-state index contributed by atoms with van der Waals surface area (Å²) in [6, 6.07) is 6.77. The summed E-state index contributed by atoms with van der Waals surface area (Å²) < 4.78 is 0. The lowest BCUT2D eigenvalue weighted by Crippen LogP contribution is -2.40. The van der Waals surface area contributed by atoms with Crippen molar-refractivity contribution in [3.63, 3.8) is 0 Å². The Morgan fingerprint density at radius 3 is 2.48 bits per heavy atom. The van der Waals surface area contributed by atoms with Gasteiger partial charge in [-0.1, -0.05) is 26.0 Å². The van der Waals surface area contributed by atoms with Crippen molar-refractivity contribution >= 4 is 11.7 Å². The van der Waals surface area contributed by atoms with Crippen molar-refractivity contribution in [2.75, 3.05) is 0 Å². The molecule has 1 amide bonds. The zero-order chi connectivity index (χ0) is 15.2. The molecule has 1 heterocycles. The minimum absolute atomic E-state index is 0.0441. The molecule has 1 aromatic rings. The van der Waals surface area contributed by atoms with Crippen LogP contribution in [0.1, 0.15) is 44.6 Å². The molecule has 1 aliphatic heterocycles. The molecule has 0 saturated heterocycles. The van der Waals surface area contributed by atoms with Gasteiger partial charge in [-0.05, 0) is 29.5 Å². The Labute approximate surface area is 123 Å². The SMILES string of the molecule is CC1(C)CC(=O)C2=C(C1)NC(=O)CC2c1ccc(O)cc1. The van der Waals surface area contributed by atoms with Gasteiger partial charge in [-0.15, -0.1) is 0 Å². The van der Waals surface area contributed by atoms with Crippen LogP contribution >= 0.6 is 0 Å². The standard InChI is InChI=1S/C17H19NO3/c1-17(2)8-13-16(14(20)9-17)12(7-15(21)18-13)10-3-5-11(19)6-4-10/h3-6,12,19H,7-9H2,1-2H3,(H,18,21). The maximum atomic E-state index is 12.5. The number of benzene rings is 1. The summed E-state index contributed by atoms with van der Waals surface area (Å²) in [5, 5.41) is 12.3. The van der Waals surface area contributed by atoms with E-state index in [1.54, 1.807) is 24.3 Å². The molecule has 21 heavy (non-hydrogen) atoms. The molecule has 0 spiro atoms. The van der Waals surface area contributed by atoms with Gasteiger partial charge in [-0.2, -0.15) is 0 Å². The second-order valence-corrected chi connectivity index (χ2v) is 6.73. The molecule has 4 heteroatoms. The Hall–Kier alpha value is -2.10. The first-order valence-corrected chi connectivity index (χ1v) is 7.21. The smallest absolute Gasteiger partial charge is 0.225 e. The van der Waals surface area contributed by atoms with E-state index in [1.807, 2.05) is 13.8 Å². The quantitative estimate of drug-likeness (QED) is 0.833. The number of Topliss-reactive ketones (excluding diaryl/α,β-unsaturated/α-hetero) is 1. The molecular formula is C17H19NO3. The minimum atomic E-state index is -0.196. The predicted octanol–water partition coefficient (Wildman–Crippen LogP) is 2.64. The first kappa shape index (κ1) is 13.9. The van der Waals surface area contributed by atoms with E-state index in [1.165, 1.54) is 0 Å². The molecule has 2 aliphatic rings. The number of phenolic OH excluding ortho intramolecular Hbond substituents is 1. The number of rotatable bonds is 1. The summed E-state index contributed by atoms with van der Waals surface area (Å²) in [4.78, 5) is 24.5. The molecule has 0 bridgehead atoms. The molecule has 1 aromatic carbocycles. The van der Waals surface area contributed by atoms with Crippen molar-refractivity contribution < 1.29 is 14.7 Å². The monoisotopic (exact) mass is 285 g/mol. The minimum Gasteiger partial charge on any atom is -0.508 e. The molecule has 1 unspecified atom stereocenters. The number of carbonyl (C=O) groups is 2. The van der Waals surface area contributed by atoms with Crippen LogP contribution in [0.5, 0.6) is 5.75 Å². The second-order valence-electron chi connectivity index (χ2n) is 6.73. The Balaban J connectivity index is 2.06. The lowest BCUT2D eigenvalue weighted by molar-refractivity contribution is -0.122. The van der Waals surface area contributed by atoms with Crippen LogP contribution in [-0.4, -0.2) is 16.8 Å². The fraction of sp³-hybridized carbons (Fsp3) is 0.412. The van der Waals surface area contributed by atoms with E-state index in [0.29, 0.717) is 12.8 Å². The average molecular weight is 285 g/mol. The van der Waals surface area contributed by atoms with Gasteiger partial charge >= 0.3 is 0 Å². The van der Waals surface area contributed by atoms with Gasteiger partial charge in [0, 0.05) is 30.0 Å². The molecule has 0 radical (unpaired) electrons. The summed E-state index contributed by atoms with van der Waals surface area (Å²) >= 11 is 0. The van der Waals surface area contributed by atoms with E-state index in [4.69, 9.17) is 0 Å². The zero-order valence-electron chi connectivity index (χ0n) is 12.3. The molecule has 110 valence electrons. The summed E-state index contributed by atoms with van der Waals surface area (Å²) in [5.74, 6) is 0.0684. The molecular weight excluding hydrogens is 266 g/mol. The van der Waals surface area contributed by atoms with Crippen molar-refractivity contribution in [1.29, 1.82) is 0 Å². The van der Waals surface area contributed by atoms with E-state index in [9.17, 15) is 14.7 Å². The van der Waals surface area contributed by atoms with Crippen LogP contribution in [0.2, 0.25) is 0 Å². The predicted molar refractivity (Wildman–Crippen MR) is 78.7 cm³/mol. The number of phenols is 1. The fourth-order valence-electron chi connectivity index (χ4n) is 3.35. The van der Waals surface area contributed by atoms with Gasteiger partial charge in [-0.3, -0.25) is 9.59 Å². The molecule has 0 fully saturated rings. The highest BCUT2D eigenvalue weighted by Gasteiger charge is 2.40. The van der Waals surface area contributed by atoms with Crippen LogP contribution < -0.4 is 5.32 Å². The third-order valence-corrected chi connectivity index (χ3v) is 4.24. The molecule has 2 N–H and O–H groups in total. The van der Waals surface area contributed by atoms with Crippen LogP contribution in [0.4, 0.5) is 0 Å². The number of carbonyl (C=O) groups excluding carboxylic acids is 2. The van der Waals surface area contributed by atoms with E-state index in [2.05, 4.69) is 5.32 Å². The second kappa shape index (κ2) is 4.72. The van der Waals surface area contributed by atoms with E-state index < -0.39 is 0 Å². The third kappa shape index (κ3) is 2.58. The van der Waals surface area contributed by atoms with Gasteiger partial charge in [0.2, 0.25) is 5.91 Å². The Bertz CT molecular complexity index is 641. The average Bonchev–Trinajstić information content (AvgIpc) is 2.36. The van der Waals surface area contributed by atoms with Crippen LogP contribution in [0.25, 0.3) is 0 Å². The normalized spacial score (nSPS) is 24.6. The maximum absolute atomic E-state index is 12.5. The van der Waals surface area contributed by atoms with Gasteiger partial charge in [0.1, 0.15) is 5.75 Å². The molecule has 3 rings (SSSR count). The number of hydrogen-bond acceptors (Lipinski definition) is 3. The first-order chi connectivity index (χ1) is 9.85. The summed E-state index contributed by atoms with van der Waals surface area (Å²) in [5.41, 5.74) is 2.33. The molecule has 0 saturated carbocycles. The number of nitrogens with one attached hydrogen (secondary N) is 1. The zero-order valence-corrected chi connectivity index (χ0v) is 12.3. The number of allylic oxidation sites excluding steroid dienone is 2. The van der Waals surface area contributed by atoms with Crippen molar-refractivity contribution in [2.24, 2.45) is 5.41 Å². The largest absolute Gasteiger partial charge is 0.508 e. The Morgan fingerprint density at radius 2 is 1.81 bits per heavy atom. The van der Waals surface area contributed by atoms with E-state index in [0.717, 1.165) is 16.8 Å². The maximum Gasteiger partial charge on any atom is 0.225 e. The van der Waals surface area contributed by atoms with Gasteiger partial charge in [-0.25, -0.2) is 0 Å². The molecule has 1 aliphatic carbocycles. The lowest BCUT2D eigenvalue weighted by atomic mass is 9.70. The number of ketones is 1. The van der Waals surface area contributed by atoms with Crippen LogP contribution in [0, 0.1) is 5.41 Å². The van der Waals surface area contributed by atoms with Gasteiger partial charge < -0.3 is 10.4 Å². The fourth-order valence-corrected chi connectivity index (χ4v) is 3.35. The van der Waals surface area contributed by atoms with Crippen molar-refractivity contribution in [3.05, 3.63) is 41.1 Å². The number of aromatic hydroxyl groups is 1. The molecule has 4 nitrogen and oxygen atoms in total. The van der Waals surface area contributed by atoms with Gasteiger partial charge in [0.05, 0.1) is 0 Å². The summed E-state index contributed by atoms with van der Waals surface area (Å²) in [6.07, 6.45) is 1.51. The van der Waals surface area contributed by atoms with E-state index >= 15 is 0 Å². The van der Waals surface area contributed by atoms with Crippen molar-refractivity contribution in [3.8, 4) is 5.75 Å². The number of amides is 1. The third-order valence-electron chi connectivity index (χ3n) is 4.24. The van der Waals surface area contributed by atoms with Gasteiger partial charge in [0.15, 0.2) is 5.78 Å². The highest BCUT2D eigenvalue weighted by atomic mass is 16.3. The van der Waals surface area contributed by atoms with E-state index in [-0.39, 0.29) is 35.2 Å². The Kier molecular flexibility index (Phi) is 3.12. The lowest BCUT2D eigenvalue weighted by Gasteiger charge is -2.37.